The quantitative estimate of drug-likeness (QED) is 0.833. The molecule has 2 aliphatic heterocycles. The highest BCUT2D eigenvalue weighted by Crippen LogP contribution is 2.30. The molecule has 2 amide bonds. The second-order valence-corrected chi connectivity index (χ2v) is 8.60. The first-order valence-corrected chi connectivity index (χ1v) is 9.96. The van der Waals surface area contributed by atoms with Crippen LogP contribution in [0.3, 0.4) is 0 Å². The summed E-state index contributed by atoms with van der Waals surface area (Å²) in [5.74, 6) is -1.24. The Kier molecular flexibility index (Phi) is 4.98. The van der Waals surface area contributed by atoms with Crippen LogP contribution in [0.5, 0.6) is 0 Å². The van der Waals surface area contributed by atoms with E-state index >= 15 is 0 Å². The van der Waals surface area contributed by atoms with Crippen molar-refractivity contribution in [3.05, 3.63) is 29.8 Å². The molecule has 0 spiro atoms. The van der Waals surface area contributed by atoms with E-state index in [-0.39, 0.29) is 48.1 Å². The van der Waals surface area contributed by atoms with Gasteiger partial charge in [-0.1, -0.05) is 0 Å². The van der Waals surface area contributed by atoms with Crippen LogP contribution in [0.1, 0.15) is 24.8 Å². The van der Waals surface area contributed by atoms with E-state index in [9.17, 15) is 31.2 Å². The maximum atomic E-state index is 12.6. The first kappa shape index (κ1) is 19.3. The summed E-state index contributed by atoms with van der Waals surface area (Å²) in [7, 11) is -3.23. The minimum Gasteiger partial charge on any atom is -0.321 e. The van der Waals surface area contributed by atoms with E-state index in [1.807, 2.05) is 0 Å². The number of alkyl halides is 3. The van der Waals surface area contributed by atoms with Crippen molar-refractivity contribution >= 4 is 33.1 Å². The Bertz CT molecular complexity index is 894. The van der Waals surface area contributed by atoms with Gasteiger partial charge in [-0.3, -0.25) is 9.59 Å². The zero-order chi connectivity index (χ0) is 19.8. The summed E-state index contributed by atoms with van der Waals surface area (Å²) in [5.41, 5.74) is -0.656. The summed E-state index contributed by atoms with van der Waals surface area (Å²) in [6.45, 7) is 0. The Hall–Kier alpha value is -2.43. The van der Waals surface area contributed by atoms with Crippen molar-refractivity contribution in [1.29, 1.82) is 0 Å². The molecule has 2 heterocycles. The molecule has 7 nitrogen and oxygen atoms in total. The number of halogens is 3. The second kappa shape index (κ2) is 6.95. The van der Waals surface area contributed by atoms with Crippen LogP contribution in [-0.4, -0.2) is 48.5 Å². The highest BCUT2D eigenvalue weighted by atomic mass is 32.2. The zero-order valence-corrected chi connectivity index (χ0v) is 14.8. The normalized spacial score (nSPS) is 22.5. The van der Waals surface area contributed by atoms with Crippen LogP contribution in [0.25, 0.3) is 0 Å². The van der Waals surface area contributed by atoms with Gasteiger partial charge in [-0.15, -0.1) is 0 Å². The predicted octanol–water partition coefficient (Wildman–Crippen LogP) is 1.81. The Balaban J connectivity index is 1.72. The van der Waals surface area contributed by atoms with Gasteiger partial charge in [0.2, 0.25) is 5.91 Å². The van der Waals surface area contributed by atoms with Gasteiger partial charge in [0, 0.05) is 18.5 Å². The van der Waals surface area contributed by atoms with Crippen molar-refractivity contribution in [3.8, 4) is 0 Å². The van der Waals surface area contributed by atoms with Crippen LogP contribution in [0, 0.1) is 0 Å². The number of carbonyl (C=O) groups excluding carboxylic acids is 2. The lowest BCUT2D eigenvalue weighted by Gasteiger charge is -2.27. The molecule has 1 saturated heterocycles. The van der Waals surface area contributed by atoms with E-state index in [1.54, 1.807) is 0 Å². The molecule has 11 heteroatoms. The molecule has 0 aliphatic carbocycles. The van der Waals surface area contributed by atoms with Crippen molar-refractivity contribution in [3.63, 3.8) is 0 Å². The average molecular weight is 403 g/mol. The molecule has 27 heavy (non-hydrogen) atoms. The standard InChI is InChI=1S/C16H16F3N3O4S/c17-16(18,19)10-1-3-11(4-2-10)20-15(24)13-5-6-14(23)22(21-13)12-7-8-27(25,26)9-12/h1-4,12H,5-9H2,(H,20,24). The molecule has 1 aromatic carbocycles. The van der Waals surface area contributed by atoms with E-state index in [1.165, 1.54) is 0 Å². The summed E-state index contributed by atoms with van der Waals surface area (Å²) in [4.78, 5) is 24.4. The molecule has 0 radical (unpaired) electrons. The van der Waals surface area contributed by atoms with Gasteiger partial charge in [-0.05, 0) is 30.7 Å². The highest BCUT2D eigenvalue weighted by molar-refractivity contribution is 7.91. The van der Waals surface area contributed by atoms with Crippen LogP contribution < -0.4 is 5.32 Å². The molecule has 1 fully saturated rings. The monoisotopic (exact) mass is 403 g/mol. The number of sulfone groups is 1. The van der Waals surface area contributed by atoms with E-state index < -0.39 is 33.5 Å². The SMILES string of the molecule is O=C(Nc1ccc(C(F)(F)F)cc1)C1=NN(C2CCS(=O)(=O)C2)C(=O)CC1. The minimum atomic E-state index is -4.47. The maximum Gasteiger partial charge on any atom is 0.416 e. The van der Waals surface area contributed by atoms with Crippen LogP contribution in [-0.2, 0) is 25.6 Å². The summed E-state index contributed by atoms with van der Waals surface area (Å²) < 4.78 is 60.9. The third-order valence-corrected chi connectivity index (χ3v) is 6.10. The van der Waals surface area contributed by atoms with Gasteiger partial charge in [0.25, 0.3) is 5.91 Å². The van der Waals surface area contributed by atoms with Gasteiger partial charge in [-0.25, -0.2) is 13.4 Å². The summed E-state index contributed by atoms with van der Waals surface area (Å²) in [6, 6.07) is 3.33. The van der Waals surface area contributed by atoms with Crippen molar-refractivity contribution in [1.82, 2.24) is 5.01 Å². The zero-order valence-electron chi connectivity index (χ0n) is 14.0. The second-order valence-electron chi connectivity index (χ2n) is 6.37. The van der Waals surface area contributed by atoms with Gasteiger partial charge < -0.3 is 5.32 Å². The lowest BCUT2D eigenvalue weighted by atomic mass is 10.1. The maximum absolute atomic E-state index is 12.6. The van der Waals surface area contributed by atoms with E-state index in [2.05, 4.69) is 10.4 Å². The third-order valence-electron chi connectivity index (χ3n) is 4.35. The Labute approximate surface area is 153 Å². The third kappa shape index (κ3) is 4.46. The lowest BCUT2D eigenvalue weighted by Crippen LogP contribution is -2.42. The Morgan fingerprint density at radius 1 is 1.19 bits per heavy atom. The fourth-order valence-electron chi connectivity index (χ4n) is 2.93. The fourth-order valence-corrected chi connectivity index (χ4v) is 4.63. The number of carbonyl (C=O) groups is 2. The van der Waals surface area contributed by atoms with Crippen LogP contribution >= 0.6 is 0 Å². The van der Waals surface area contributed by atoms with Gasteiger partial charge in [0.05, 0.1) is 23.1 Å². The molecule has 1 N–H and O–H groups in total. The molecule has 1 atom stereocenters. The highest BCUT2D eigenvalue weighted by Gasteiger charge is 2.37. The van der Waals surface area contributed by atoms with Crippen molar-refractivity contribution in [2.45, 2.75) is 31.5 Å². The lowest BCUT2D eigenvalue weighted by molar-refractivity contribution is -0.137. The van der Waals surface area contributed by atoms with Crippen LogP contribution in [0.15, 0.2) is 29.4 Å². The molecule has 1 aromatic rings. The molecular formula is C16H16F3N3O4S. The van der Waals surface area contributed by atoms with Crippen molar-refractivity contribution in [2.24, 2.45) is 5.10 Å². The van der Waals surface area contributed by atoms with Gasteiger partial charge in [0.1, 0.15) is 5.71 Å². The van der Waals surface area contributed by atoms with Crippen molar-refractivity contribution in [2.75, 3.05) is 16.8 Å². The Morgan fingerprint density at radius 3 is 2.41 bits per heavy atom. The number of hydrogen-bond acceptors (Lipinski definition) is 5. The molecule has 3 rings (SSSR count). The summed E-state index contributed by atoms with van der Waals surface area (Å²) in [6.07, 6.45) is -4.14. The fraction of sp³-hybridized carbons (Fsp3) is 0.438. The molecule has 0 aromatic heterocycles. The smallest absolute Gasteiger partial charge is 0.321 e. The molecule has 0 saturated carbocycles. The summed E-state index contributed by atoms with van der Waals surface area (Å²) in [5, 5.41) is 7.50. The van der Waals surface area contributed by atoms with E-state index in [0.29, 0.717) is 0 Å². The van der Waals surface area contributed by atoms with E-state index in [0.717, 1.165) is 29.3 Å². The molecule has 2 aliphatic rings. The van der Waals surface area contributed by atoms with Gasteiger partial charge in [0.15, 0.2) is 9.84 Å². The first-order chi connectivity index (χ1) is 12.5. The number of amides is 2. The topological polar surface area (TPSA) is 95.9 Å². The molecular weight excluding hydrogens is 387 g/mol. The van der Waals surface area contributed by atoms with Gasteiger partial charge >= 0.3 is 6.18 Å². The first-order valence-electron chi connectivity index (χ1n) is 8.14. The molecule has 0 bridgehead atoms. The molecule has 146 valence electrons. The number of hydrogen-bond donors (Lipinski definition) is 1. The summed E-state index contributed by atoms with van der Waals surface area (Å²) >= 11 is 0. The Morgan fingerprint density at radius 2 is 1.85 bits per heavy atom. The largest absolute Gasteiger partial charge is 0.416 e. The van der Waals surface area contributed by atoms with Crippen LogP contribution in [0.4, 0.5) is 18.9 Å². The molecule has 1 unspecified atom stereocenters. The average Bonchev–Trinajstić information content (AvgIpc) is 2.94. The number of nitrogens with zero attached hydrogens (tertiary/aromatic N) is 2. The van der Waals surface area contributed by atoms with E-state index in [4.69, 9.17) is 0 Å². The van der Waals surface area contributed by atoms with Gasteiger partial charge in [-0.2, -0.15) is 18.3 Å². The number of benzene rings is 1. The number of nitrogens with one attached hydrogen (secondary N) is 1. The number of anilines is 1. The number of rotatable bonds is 3. The predicted molar refractivity (Wildman–Crippen MR) is 90.6 cm³/mol. The van der Waals surface area contributed by atoms with Crippen molar-refractivity contribution < 1.29 is 31.2 Å². The minimum absolute atomic E-state index is 0.00973. The number of hydrazone groups is 1. The van der Waals surface area contributed by atoms with Crippen LogP contribution in [0.2, 0.25) is 0 Å².